The third kappa shape index (κ3) is 8.85. The Morgan fingerprint density at radius 1 is 1.29 bits per heavy atom. The lowest BCUT2D eigenvalue weighted by Crippen LogP contribution is -2.34. The van der Waals surface area contributed by atoms with Gasteiger partial charge in [0.15, 0.2) is 0 Å². The van der Waals surface area contributed by atoms with Gasteiger partial charge in [-0.3, -0.25) is 4.57 Å². The van der Waals surface area contributed by atoms with Crippen LogP contribution in [-0.4, -0.2) is 74.8 Å². The first kappa shape index (κ1) is 28.7. The Balaban J connectivity index is 2.95. The van der Waals surface area contributed by atoms with Crippen molar-refractivity contribution in [1.82, 2.24) is 4.67 Å². The second-order valence-electron chi connectivity index (χ2n) is 8.01. The van der Waals surface area contributed by atoms with Crippen molar-refractivity contribution in [3.8, 4) is 6.07 Å². The average molecular weight is 478 g/mol. The number of aliphatic hydroxyl groups excluding tert-OH is 1. The number of aliphatic hydroxyl groups is 1. The van der Waals surface area contributed by atoms with Gasteiger partial charge in [0.1, 0.15) is 7.85 Å². The Hall–Kier alpha value is -0.325. The van der Waals surface area contributed by atoms with E-state index in [1.165, 1.54) is 20.0 Å². The average Bonchev–Trinajstić information content (AvgIpc) is 2.99. The zero-order valence-corrected chi connectivity index (χ0v) is 21.5. The molecule has 0 aromatic carbocycles. The summed E-state index contributed by atoms with van der Waals surface area (Å²) in [4.78, 5) is 0. The first-order chi connectivity index (χ1) is 14.5. The van der Waals surface area contributed by atoms with E-state index in [0.29, 0.717) is 26.1 Å². The molecule has 1 heterocycles. The normalized spacial score (nSPS) is 25.7. The van der Waals surface area contributed by atoms with Crippen LogP contribution < -0.4 is 0 Å². The van der Waals surface area contributed by atoms with E-state index < -0.39 is 27.8 Å². The summed E-state index contributed by atoms with van der Waals surface area (Å²) in [5.74, 6) is 1.37. The molecule has 0 aromatic heterocycles. The summed E-state index contributed by atoms with van der Waals surface area (Å²) in [6, 6.07) is 2.10. The highest BCUT2D eigenvalue weighted by molar-refractivity contribution is 7.57. The van der Waals surface area contributed by atoms with Crippen LogP contribution in [0.4, 0.5) is 0 Å². The van der Waals surface area contributed by atoms with Gasteiger partial charge in [-0.2, -0.15) is 5.26 Å². The van der Waals surface area contributed by atoms with Crippen LogP contribution in [0.5, 0.6) is 0 Å². The second-order valence-corrected chi connectivity index (χ2v) is 11.6. The molecule has 1 N–H and O–H groups in total. The Bertz CT molecular complexity index is 634. The van der Waals surface area contributed by atoms with Crippen molar-refractivity contribution in [3.05, 3.63) is 11.9 Å². The fourth-order valence-electron chi connectivity index (χ4n) is 3.40. The van der Waals surface area contributed by atoms with Crippen molar-refractivity contribution in [2.75, 3.05) is 27.4 Å². The highest BCUT2D eigenvalue weighted by Crippen LogP contribution is 2.50. The molecule has 0 aliphatic carbocycles. The Morgan fingerprint density at radius 2 is 1.87 bits per heavy atom. The molecule has 0 spiro atoms. The molecular weight excluding hydrogens is 441 g/mol. The van der Waals surface area contributed by atoms with Gasteiger partial charge in [-0.05, 0) is 33.8 Å². The van der Waals surface area contributed by atoms with Gasteiger partial charge in [-0.1, -0.05) is 0 Å². The minimum atomic E-state index is -3.37. The molecule has 9 nitrogen and oxygen atoms in total. The molecule has 0 amide bonds. The lowest BCUT2D eigenvalue weighted by Gasteiger charge is -2.36. The van der Waals surface area contributed by atoms with Crippen molar-refractivity contribution < 1.29 is 32.5 Å². The van der Waals surface area contributed by atoms with Gasteiger partial charge in [0.05, 0.1) is 43.4 Å². The quantitative estimate of drug-likeness (QED) is 0.229. The molecular formula is C19H37BN2O7P2. The van der Waals surface area contributed by atoms with Crippen LogP contribution in [0.3, 0.4) is 0 Å². The van der Waals surface area contributed by atoms with Crippen LogP contribution in [0, 0.1) is 11.3 Å². The Morgan fingerprint density at radius 3 is 2.32 bits per heavy atom. The van der Waals surface area contributed by atoms with E-state index in [4.69, 9.17) is 28.1 Å². The molecule has 4 atom stereocenters. The van der Waals surface area contributed by atoms with E-state index in [0.717, 1.165) is 0 Å². The molecule has 12 heteroatoms. The molecule has 0 saturated carbocycles. The summed E-state index contributed by atoms with van der Waals surface area (Å²) in [5, 5.41) is 19.1. The van der Waals surface area contributed by atoms with E-state index in [1.807, 2.05) is 0 Å². The minimum Gasteiger partial charge on any atom is -0.391 e. The summed E-state index contributed by atoms with van der Waals surface area (Å²) >= 11 is 0. The van der Waals surface area contributed by atoms with Gasteiger partial charge in [0, 0.05) is 45.0 Å². The van der Waals surface area contributed by atoms with Crippen molar-refractivity contribution in [3.63, 3.8) is 0 Å². The maximum Gasteiger partial charge on any atom is 0.353 e. The minimum absolute atomic E-state index is 0.195. The van der Waals surface area contributed by atoms with Gasteiger partial charge in [0.25, 0.3) is 8.53 Å². The predicted molar refractivity (Wildman–Crippen MR) is 123 cm³/mol. The first-order valence-corrected chi connectivity index (χ1v) is 13.3. The van der Waals surface area contributed by atoms with Gasteiger partial charge in [0.2, 0.25) is 0 Å². The van der Waals surface area contributed by atoms with E-state index >= 15 is 0 Å². The number of nitriles is 1. The topological polar surface area (TPSA) is 110 Å². The lowest BCUT2D eigenvalue weighted by molar-refractivity contribution is 0.00166. The summed E-state index contributed by atoms with van der Waals surface area (Å²) in [6.45, 7) is 8.87. The van der Waals surface area contributed by atoms with Crippen molar-refractivity contribution in [2.24, 2.45) is 0 Å². The smallest absolute Gasteiger partial charge is 0.353 e. The molecule has 1 saturated heterocycles. The van der Waals surface area contributed by atoms with Crippen molar-refractivity contribution >= 4 is 24.0 Å². The zero-order valence-electron chi connectivity index (χ0n) is 19.7. The molecule has 178 valence electrons. The summed E-state index contributed by atoms with van der Waals surface area (Å²) in [7, 11) is -0.325. The molecule has 1 aliphatic heterocycles. The fourth-order valence-corrected chi connectivity index (χ4v) is 5.84. The molecule has 0 radical (unpaired) electrons. The highest BCUT2D eigenvalue weighted by atomic mass is 31.2. The van der Waals surface area contributed by atoms with Crippen LogP contribution in [0.15, 0.2) is 11.9 Å². The predicted octanol–water partition coefficient (Wildman–Crippen LogP) is 3.15. The molecule has 1 rings (SSSR count). The molecule has 1 unspecified atom stereocenters. The number of nitrogens with zero attached hydrogens (tertiary/aromatic N) is 2. The molecule has 1 aliphatic rings. The number of hydrogen-bond acceptors (Lipinski definition) is 9. The van der Waals surface area contributed by atoms with Crippen LogP contribution in [0.25, 0.3) is 0 Å². The van der Waals surface area contributed by atoms with Gasteiger partial charge < -0.3 is 27.9 Å². The van der Waals surface area contributed by atoms with Crippen molar-refractivity contribution in [1.29, 1.82) is 5.26 Å². The van der Waals surface area contributed by atoms with Crippen LogP contribution in [-0.2, 0) is 27.4 Å². The maximum atomic E-state index is 12.5. The van der Waals surface area contributed by atoms with Gasteiger partial charge >= 0.3 is 7.60 Å². The fraction of sp³-hybridized carbons (Fsp3) is 0.842. The van der Waals surface area contributed by atoms with Crippen LogP contribution in [0.2, 0.25) is 0 Å². The SMILES string of the molecule is B[C@@H]1O[C@@](/C=C/P(=O)(OC)OC)(CCOP(OCCC#N)N(C(C)C)C(C)C)C[C@H]1O. The maximum absolute atomic E-state index is 12.5. The lowest BCUT2D eigenvalue weighted by atomic mass is 9.90. The zero-order chi connectivity index (χ0) is 23.7. The van der Waals surface area contributed by atoms with E-state index in [-0.39, 0.29) is 24.5 Å². The third-order valence-corrected chi connectivity index (χ3v) is 8.62. The van der Waals surface area contributed by atoms with Crippen molar-refractivity contribution in [2.45, 2.75) is 76.7 Å². The number of hydrogen-bond donors (Lipinski definition) is 1. The highest BCUT2D eigenvalue weighted by Gasteiger charge is 2.43. The van der Waals surface area contributed by atoms with Crippen LogP contribution in [0.1, 0.15) is 47.0 Å². The Labute approximate surface area is 188 Å². The monoisotopic (exact) mass is 478 g/mol. The standard InChI is InChI=1S/C19H37BN2O7P2/c1-15(2)22(16(3)4)30(27-11-7-10-21)28-12-8-19(14-17(23)18(20)29-19)9-13-31(24,25-5)26-6/h9,13,15-18,23H,7-8,11-12,14,20H2,1-6H3/b13-9+/t17-,18-,19-,30?/m1/s1. The molecule has 31 heavy (non-hydrogen) atoms. The molecule has 1 fully saturated rings. The summed E-state index contributed by atoms with van der Waals surface area (Å²) < 4.78 is 42.6. The number of rotatable bonds is 14. The molecule has 0 aromatic rings. The van der Waals surface area contributed by atoms with Gasteiger partial charge in [-0.25, -0.2) is 4.67 Å². The first-order valence-electron chi connectivity index (χ1n) is 10.5. The van der Waals surface area contributed by atoms with E-state index in [2.05, 4.69) is 38.4 Å². The third-order valence-electron chi connectivity index (χ3n) is 4.98. The van der Waals surface area contributed by atoms with Crippen LogP contribution >= 0.6 is 16.1 Å². The largest absolute Gasteiger partial charge is 0.391 e. The summed E-state index contributed by atoms with van der Waals surface area (Å²) in [6.07, 6.45) is 2.05. The summed E-state index contributed by atoms with van der Waals surface area (Å²) in [5.41, 5.74) is -0.861. The molecule has 0 bridgehead atoms. The number of ether oxygens (including phenoxy) is 1. The van der Waals surface area contributed by atoms with E-state index in [9.17, 15) is 9.67 Å². The second kappa shape index (κ2) is 13.4. The van der Waals surface area contributed by atoms with Gasteiger partial charge in [-0.15, -0.1) is 0 Å². The Kier molecular flexibility index (Phi) is 12.4. The van der Waals surface area contributed by atoms with E-state index in [1.54, 1.807) is 13.9 Å².